The van der Waals surface area contributed by atoms with Gasteiger partial charge in [-0.05, 0) is 55.1 Å². The normalized spacial score (nSPS) is 19.3. The van der Waals surface area contributed by atoms with Gasteiger partial charge in [0.2, 0.25) is 15.9 Å². The first-order chi connectivity index (χ1) is 16.6. The number of amides is 1. The summed E-state index contributed by atoms with van der Waals surface area (Å²) >= 11 is 0. The molecule has 2 N–H and O–H groups in total. The van der Waals surface area contributed by atoms with Crippen LogP contribution in [0.15, 0.2) is 47.4 Å². The number of likely N-dealkylation sites (N-methyl/N-ethyl adjacent to an activating group) is 1. The Morgan fingerprint density at radius 1 is 1.06 bits per heavy atom. The molecule has 0 spiro atoms. The third kappa shape index (κ3) is 5.88. The van der Waals surface area contributed by atoms with Crippen LogP contribution in [0.2, 0.25) is 0 Å². The van der Waals surface area contributed by atoms with E-state index in [-0.39, 0.29) is 16.8 Å². The van der Waals surface area contributed by atoms with Crippen molar-refractivity contribution in [2.45, 2.75) is 57.9 Å². The molecule has 35 heavy (non-hydrogen) atoms. The highest BCUT2D eigenvalue weighted by Gasteiger charge is 2.30. The van der Waals surface area contributed by atoms with Crippen molar-refractivity contribution in [1.29, 1.82) is 0 Å². The molecule has 2 aromatic carbocycles. The van der Waals surface area contributed by atoms with Gasteiger partial charge >= 0.3 is 0 Å². The lowest BCUT2D eigenvalue weighted by Gasteiger charge is -2.36. The topological polar surface area (TPSA) is 81.8 Å². The molecule has 1 atom stereocenters. The lowest BCUT2D eigenvalue weighted by Crippen LogP contribution is -2.46. The Kier molecular flexibility index (Phi) is 7.54. The van der Waals surface area contributed by atoms with Gasteiger partial charge in [0, 0.05) is 43.3 Å². The number of piperazine rings is 1. The Morgan fingerprint density at radius 3 is 2.46 bits per heavy atom. The van der Waals surface area contributed by atoms with E-state index in [1.807, 2.05) is 45.0 Å². The van der Waals surface area contributed by atoms with Crippen molar-refractivity contribution in [3.05, 3.63) is 53.6 Å². The molecule has 0 saturated carbocycles. The average Bonchev–Trinajstić information content (AvgIpc) is 2.83. The van der Waals surface area contributed by atoms with E-state index in [2.05, 4.69) is 32.8 Å². The first-order valence-electron chi connectivity index (χ1n) is 12.6. The van der Waals surface area contributed by atoms with Crippen molar-refractivity contribution in [2.75, 3.05) is 42.9 Å². The SMILES string of the molecule is CCN1CCN(c2ccc(NC(=O)C(C)(C)C)cc2S(=O)(=O)NC2CCCc3ccccc32)CC1. The summed E-state index contributed by atoms with van der Waals surface area (Å²) in [5, 5.41) is 2.90. The molecule has 1 fully saturated rings. The molecular formula is C27H38N4O3S. The third-order valence-electron chi connectivity index (χ3n) is 7.02. The van der Waals surface area contributed by atoms with Gasteiger partial charge in [0.1, 0.15) is 4.90 Å². The van der Waals surface area contributed by atoms with Crippen LogP contribution in [-0.2, 0) is 21.2 Å². The minimum Gasteiger partial charge on any atom is -0.368 e. The van der Waals surface area contributed by atoms with Gasteiger partial charge in [-0.15, -0.1) is 0 Å². The standard InChI is InChI=1S/C27H38N4O3S/c1-5-30-15-17-31(18-16-30)24-14-13-21(28-26(32)27(2,3)4)19-25(24)35(33,34)29-23-12-8-10-20-9-6-7-11-22(20)23/h6-7,9,11,13-14,19,23,29H,5,8,10,12,15-18H2,1-4H3,(H,28,32). The molecule has 1 aliphatic carbocycles. The first-order valence-corrected chi connectivity index (χ1v) is 14.1. The number of hydrogen-bond acceptors (Lipinski definition) is 5. The molecule has 0 radical (unpaired) electrons. The van der Waals surface area contributed by atoms with Crippen LogP contribution in [0.5, 0.6) is 0 Å². The van der Waals surface area contributed by atoms with E-state index >= 15 is 0 Å². The van der Waals surface area contributed by atoms with Crippen LogP contribution in [0.25, 0.3) is 0 Å². The maximum atomic E-state index is 13.9. The second-order valence-corrected chi connectivity index (χ2v) is 12.3. The fourth-order valence-corrected chi connectivity index (χ4v) is 6.32. The molecule has 8 heteroatoms. The second kappa shape index (κ2) is 10.3. The fraction of sp³-hybridized carbons (Fsp3) is 0.519. The lowest BCUT2D eigenvalue weighted by atomic mass is 9.88. The van der Waals surface area contributed by atoms with Gasteiger partial charge in [-0.1, -0.05) is 52.0 Å². The van der Waals surface area contributed by atoms with Gasteiger partial charge < -0.3 is 15.1 Å². The summed E-state index contributed by atoms with van der Waals surface area (Å²) in [5.41, 5.74) is 2.85. The highest BCUT2D eigenvalue weighted by Crippen LogP contribution is 2.34. The van der Waals surface area contributed by atoms with Crippen molar-refractivity contribution in [1.82, 2.24) is 9.62 Å². The lowest BCUT2D eigenvalue weighted by molar-refractivity contribution is -0.123. The Balaban J connectivity index is 1.68. The molecule has 0 aromatic heterocycles. The van der Waals surface area contributed by atoms with Gasteiger partial charge in [-0.25, -0.2) is 13.1 Å². The fourth-order valence-electron chi connectivity index (χ4n) is 4.82. The number of fused-ring (bicyclic) bond motifs is 1. The van der Waals surface area contributed by atoms with E-state index in [4.69, 9.17) is 0 Å². The predicted octanol–water partition coefficient (Wildman–Crippen LogP) is 4.17. The minimum absolute atomic E-state index is 0.153. The summed E-state index contributed by atoms with van der Waals surface area (Å²) < 4.78 is 30.7. The number of sulfonamides is 1. The molecule has 2 aliphatic rings. The molecule has 1 saturated heterocycles. The monoisotopic (exact) mass is 498 g/mol. The number of anilines is 2. The number of carbonyl (C=O) groups is 1. The van der Waals surface area contributed by atoms with E-state index in [1.165, 1.54) is 5.56 Å². The van der Waals surface area contributed by atoms with Gasteiger partial charge in [0.25, 0.3) is 0 Å². The second-order valence-electron chi connectivity index (χ2n) is 10.6. The van der Waals surface area contributed by atoms with E-state index in [1.54, 1.807) is 12.1 Å². The minimum atomic E-state index is -3.85. The number of benzene rings is 2. The van der Waals surface area contributed by atoms with E-state index in [0.717, 1.165) is 57.5 Å². The molecule has 1 aliphatic heterocycles. The number of rotatable bonds is 6. The van der Waals surface area contributed by atoms with Crippen LogP contribution >= 0.6 is 0 Å². The van der Waals surface area contributed by atoms with Gasteiger partial charge in [0.05, 0.1) is 5.69 Å². The maximum Gasteiger partial charge on any atom is 0.243 e. The summed E-state index contributed by atoms with van der Waals surface area (Å²) in [5.74, 6) is -0.153. The zero-order chi connectivity index (χ0) is 25.2. The molecule has 1 unspecified atom stereocenters. The molecular weight excluding hydrogens is 460 g/mol. The Hall–Kier alpha value is -2.42. The van der Waals surface area contributed by atoms with E-state index in [9.17, 15) is 13.2 Å². The van der Waals surface area contributed by atoms with Crippen LogP contribution in [0, 0.1) is 5.41 Å². The summed E-state index contributed by atoms with van der Waals surface area (Å²) in [6.07, 6.45) is 2.68. The van der Waals surface area contributed by atoms with E-state index in [0.29, 0.717) is 11.4 Å². The van der Waals surface area contributed by atoms with Crippen LogP contribution in [0.3, 0.4) is 0 Å². The predicted molar refractivity (Wildman–Crippen MR) is 141 cm³/mol. The van der Waals surface area contributed by atoms with Gasteiger partial charge in [-0.3, -0.25) is 4.79 Å². The number of nitrogens with one attached hydrogen (secondary N) is 2. The maximum absolute atomic E-state index is 13.9. The highest BCUT2D eigenvalue weighted by atomic mass is 32.2. The molecule has 1 heterocycles. The quantitative estimate of drug-likeness (QED) is 0.625. The highest BCUT2D eigenvalue weighted by molar-refractivity contribution is 7.89. The summed E-state index contributed by atoms with van der Waals surface area (Å²) in [7, 11) is -3.85. The molecule has 0 bridgehead atoms. The number of nitrogens with zero attached hydrogens (tertiary/aromatic N) is 2. The summed E-state index contributed by atoms with van der Waals surface area (Å²) in [6, 6.07) is 13.1. The zero-order valence-electron chi connectivity index (χ0n) is 21.3. The molecule has 1 amide bonds. The molecule has 2 aromatic rings. The Bertz CT molecular complexity index is 1170. The molecule has 7 nitrogen and oxygen atoms in total. The van der Waals surface area contributed by atoms with Crippen molar-refractivity contribution < 1.29 is 13.2 Å². The van der Waals surface area contributed by atoms with Crippen LogP contribution in [0.1, 0.15) is 57.7 Å². The van der Waals surface area contributed by atoms with Crippen LogP contribution < -0.4 is 14.9 Å². The van der Waals surface area contributed by atoms with Crippen LogP contribution in [0.4, 0.5) is 11.4 Å². The largest absolute Gasteiger partial charge is 0.368 e. The third-order valence-corrected chi connectivity index (χ3v) is 8.52. The summed E-state index contributed by atoms with van der Waals surface area (Å²) in [4.78, 5) is 17.3. The smallest absolute Gasteiger partial charge is 0.243 e. The van der Waals surface area contributed by atoms with Crippen molar-refractivity contribution >= 4 is 27.3 Å². The number of carbonyl (C=O) groups excluding carboxylic acids is 1. The van der Waals surface area contributed by atoms with Gasteiger partial charge in [-0.2, -0.15) is 0 Å². The van der Waals surface area contributed by atoms with Crippen molar-refractivity contribution in [3.8, 4) is 0 Å². The average molecular weight is 499 g/mol. The molecule has 4 rings (SSSR count). The molecule has 190 valence electrons. The Labute approximate surface area is 209 Å². The summed E-state index contributed by atoms with van der Waals surface area (Å²) in [6.45, 7) is 11.9. The van der Waals surface area contributed by atoms with Crippen molar-refractivity contribution in [3.63, 3.8) is 0 Å². The van der Waals surface area contributed by atoms with Crippen molar-refractivity contribution in [2.24, 2.45) is 5.41 Å². The van der Waals surface area contributed by atoms with Gasteiger partial charge in [0.15, 0.2) is 0 Å². The number of hydrogen-bond donors (Lipinski definition) is 2. The number of aryl methyl sites for hydroxylation is 1. The first kappa shape index (κ1) is 25.7. The van der Waals surface area contributed by atoms with E-state index < -0.39 is 15.4 Å². The zero-order valence-corrected chi connectivity index (χ0v) is 22.1. The van der Waals surface area contributed by atoms with Crippen LogP contribution in [-0.4, -0.2) is 51.9 Å². The Morgan fingerprint density at radius 2 is 1.77 bits per heavy atom.